The standard InChI is InChI=1S/C11H19N5O2/c1-16-10(13-14-15-16)12-8-11(7-9(17)18)5-3-2-4-6-11/h2-8H2,1H3,(H,17,18)(H,12,13,15). The summed E-state index contributed by atoms with van der Waals surface area (Å²) in [5.41, 5.74) is -0.157. The van der Waals surface area contributed by atoms with Crippen molar-refractivity contribution >= 4 is 11.9 Å². The predicted octanol–water partition coefficient (Wildman–Crippen LogP) is 1.05. The molecule has 0 aromatic carbocycles. The van der Waals surface area contributed by atoms with E-state index in [0.717, 1.165) is 25.7 Å². The van der Waals surface area contributed by atoms with Crippen LogP contribution in [0.25, 0.3) is 0 Å². The Kier molecular flexibility index (Phi) is 3.78. The highest BCUT2D eigenvalue weighted by atomic mass is 16.4. The van der Waals surface area contributed by atoms with Crippen molar-refractivity contribution in [3.8, 4) is 0 Å². The summed E-state index contributed by atoms with van der Waals surface area (Å²) in [4.78, 5) is 11.0. The summed E-state index contributed by atoms with van der Waals surface area (Å²) in [6.45, 7) is 0.619. The third-order valence-corrected chi connectivity index (χ3v) is 3.68. The highest BCUT2D eigenvalue weighted by Crippen LogP contribution is 2.39. The molecule has 1 saturated carbocycles. The maximum atomic E-state index is 11.0. The summed E-state index contributed by atoms with van der Waals surface area (Å²) in [5, 5.41) is 23.4. The van der Waals surface area contributed by atoms with Crippen molar-refractivity contribution in [1.29, 1.82) is 0 Å². The Morgan fingerprint density at radius 2 is 2.17 bits per heavy atom. The van der Waals surface area contributed by atoms with E-state index < -0.39 is 5.97 Å². The quantitative estimate of drug-likeness (QED) is 0.814. The van der Waals surface area contributed by atoms with Gasteiger partial charge in [-0.15, -0.1) is 0 Å². The molecule has 1 heterocycles. The van der Waals surface area contributed by atoms with Crippen LogP contribution < -0.4 is 5.32 Å². The maximum Gasteiger partial charge on any atom is 0.303 e. The lowest BCUT2D eigenvalue weighted by Gasteiger charge is -2.36. The van der Waals surface area contributed by atoms with Gasteiger partial charge < -0.3 is 10.4 Å². The fourth-order valence-electron chi connectivity index (χ4n) is 2.68. The van der Waals surface area contributed by atoms with Crippen LogP contribution in [0.1, 0.15) is 38.5 Å². The second-order valence-corrected chi connectivity index (χ2v) is 5.11. The first-order valence-corrected chi connectivity index (χ1v) is 6.29. The number of nitrogens with one attached hydrogen (secondary N) is 1. The van der Waals surface area contributed by atoms with Crippen LogP contribution in [-0.4, -0.2) is 37.8 Å². The number of rotatable bonds is 5. The molecule has 1 aromatic heterocycles. The summed E-state index contributed by atoms with van der Waals surface area (Å²) in [6, 6.07) is 0. The number of carbonyl (C=O) groups is 1. The topological polar surface area (TPSA) is 92.9 Å². The molecule has 0 saturated heterocycles. The SMILES string of the molecule is Cn1nnnc1NCC1(CC(=O)O)CCCCC1. The van der Waals surface area contributed by atoms with Gasteiger partial charge >= 0.3 is 5.97 Å². The molecule has 1 aliphatic carbocycles. The van der Waals surface area contributed by atoms with Gasteiger partial charge in [-0.2, -0.15) is 0 Å². The fourth-order valence-corrected chi connectivity index (χ4v) is 2.68. The number of hydrogen-bond acceptors (Lipinski definition) is 5. The third-order valence-electron chi connectivity index (χ3n) is 3.68. The van der Waals surface area contributed by atoms with E-state index in [9.17, 15) is 4.79 Å². The van der Waals surface area contributed by atoms with Gasteiger partial charge in [-0.25, -0.2) is 4.68 Å². The summed E-state index contributed by atoms with van der Waals surface area (Å²) in [6.07, 6.45) is 5.53. The molecule has 0 spiro atoms. The number of aliphatic carboxylic acids is 1. The molecule has 0 amide bonds. The molecule has 0 unspecified atom stereocenters. The summed E-state index contributed by atoms with van der Waals surface area (Å²) in [5.74, 6) is -0.139. The molecule has 0 atom stereocenters. The first kappa shape index (κ1) is 12.8. The van der Waals surface area contributed by atoms with E-state index in [4.69, 9.17) is 5.11 Å². The zero-order valence-corrected chi connectivity index (χ0v) is 10.6. The van der Waals surface area contributed by atoms with Gasteiger partial charge in [0.1, 0.15) is 0 Å². The van der Waals surface area contributed by atoms with Crippen LogP contribution in [-0.2, 0) is 11.8 Å². The molecule has 1 aromatic rings. The van der Waals surface area contributed by atoms with Gasteiger partial charge in [-0.3, -0.25) is 4.79 Å². The van der Waals surface area contributed by atoms with Crippen LogP contribution in [0.15, 0.2) is 0 Å². The van der Waals surface area contributed by atoms with Gasteiger partial charge in [0.2, 0.25) is 5.95 Å². The molecule has 0 bridgehead atoms. The Labute approximate surface area is 106 Å². The Balaban J connectivity index is 2.01. The number of carboxylic acids is 1. The van der Waals surface area contributed by atoms with E-state index >= 15 is 0 Å². The number of carboxylic acid groups (broad SMARTS) is 1. The number of anilines is 1. The van der Waals surface area contributed by atoms with Crippen molar-refractivity contribution in [2.75, 3.05) is 11.9 Å². The first-order chi connectivity index (χ1) is 8.61. The molecule has 0 aliphatic heterocycles. The molecule has 1 fully saturated rings. The molecule has 2 N–H and O–H groups in total. The molecule has 100 valence electrons. The van der Waals surface area contributed by atoms with Crippen LogP contribution in [0.5, 0.6) is 0 Å². The van der Waals surface area contributed by atoms with Gasteiger partial charge in [0.15, 0.2) is 0 Å². The Morgan fingerprint density at radius 1 is 1.44 bits per heavy atom. The fraction of sp³-hybridized carbons (Fsp3) is 0.818. The molecule has 7 nitrogen and oxygen atoms in total. The minimum Gasteiger partial charge on any atom is -0.481 e. The van der Waals surface area contributed by atoms with Crippen LogP contribution >= 0.6 is 0 Å². The predicted molar refractivity (Wildman–Crippen MR) is 65.1 cm³/mol. The second-order valence-electron chi connectivity index (χ2n) is 5.11. The molecule has 7 heteroatoms. The Hall–Kier alpha value is -1.66. The molecular formula is C11H19N5O2. The minimum absolute atomic E-state index is 0.157. The molecule has 0 radical (unpaired) electrons. The Morgan fingerprint density at radius 3 is 2.72 bits per heavy atom. The highest BCUT2D eigenvalue weighted by Gasteiger charge is 2.34. The summed E-state index contributed by atoms with van der Waals surface area (Å²) >= 11 is 0. The lowest BCUT2D eigenvalue weighted by molar-refractivity contribution is -0.140. The smallest absolute Gasteiger partial charge is 0.303 e. The first-order valence-electron chi connectivity index (χ1n) is 6.29. The van der Waals surface area contributed by atoms with Crippen molar-refractivity contribution < 1.29 is 9.90 Å². The summed E-state index contributed by atoms with van der Waals surface area (Å²) in [7, 11) is 1.76. The van der Waals surface area contributed by atoms with Crippen LogP contribution in [0.4, 0.5) is 5.95 Å². The number of aryl methyl sites for hydroxylation is 1. The minimum atomic E-state index is -0.727. The van der Waals surface area contributed by atoms with E-state index in [-0.39, 0.29) is 11.8 Å². The van der Waals surface area contributed by atoms with Crippen molar-refractivity contribution in [1.82, 2.24) is 20.2 Å². The average molecular weight is 253 g/mol. The van der Waals surface area contributed by atoms with E-state index in [2.05, 4.69) is 20.8 Å². The molecule has 2 rings (SSSR count). The molecular weight excluding hydrogens is 234 g/mol. The zero-order chi connectivity index (χ0) is 13.0. The molecule has 1 aliphatic rings. The normalized spacial score (nSPS) is 18.5. The van der Waals surface area contributed by atoms with Crippen LogP contribution in [0.3, 0.4) is 0 Å². The lowest BCUT2D eigenvalue weighted by atomic mass is 9.72. The third kappa shape index (κ3) is 2.96. The monoisotopic (exact) mass is 253 g/mol. The van der Waals surface area contributed by atoms with E-state index in [1.807, 2.05) is 0 Å². The largest absolute Gasteiger partial charge is 0.481 e. The number of tetrazole rings is 1. The zero-order valence-electron chi connectivity index (χ0n) is 10.6. The maximum absolute atomic E-state index is 11.0. The van der Waals surface area contributed by atoms with E-state index in [1.165, 1.54) is 6.42 Å². The van der Waals surface area contributed by atoms with Crippen LogP contribution in [0, 0.1) is 5.41 Å². The van der Waals surface area contributed by atoms with Crippen LogP contribution in [0.2, 0.25) is 0 Å². The average Bonchev–Trinajstić information content (AvgIpc) is 2.73. The van der Waals surface area contributed by atoms with Gasteiger partial charge in [0.05, 0.1) is 6.42 Å². The van der Waals surface area contributed by atoms with Crippen molar-refractivity contribution in [3.63, 3.8) is 0 Å². The van der Waals surface area contributed by atoms with E-state index in [0.29, 0.717) is 12.5 Å². The van der Waals surface area contributed by atoms with E-state index in [1.54, 1.807) is 11.7 Å². The number of aromatic nitrogens is 4. The van der Waals surface area contributed by atoms with Gasteiger partial charge in [-0.05, 0) is 28.7 Å². The molecule has 18 heavy (non-hydrogen) atoms. The highest BCUT2D eigenvalue weighted by molar-refractivity contribution is 5.67. The second kappa shape index (κ2) is 5.32. The summed E-state index contributed by atoms with van der Waals surface area (Å²) < 4.78 is 1.55. The number of hydrogen-bond donors (Lipinski definition) is 2. The van der Waals surface area contributed by atoms with Gasteiger partial charge in [0.25, 0.3) is 0 Å². The van der Waals surface area contributed by atoms with Crippen molar-refractivity contribution in [2.24, 2.45) is 12.5 Å². The lowest BCUT2D eigenvalue weighted by Crippen LogP contribution is -2.35. The van der Waals surface area contributed by atoms with Crippen molar-refractivity contribution in [2.45, 2.75) is 38.5 Å². The van der Waals surface area contributed by atoms with Gasteiger partial charge in [0, 0.05) is 13.6 Å². The number of nitrogens with zero attached hydrogens (tertiary/aromatic N) is 4. The van der Waals surface area contributed by atoms with Gasteiger partial charge in [-0.1, -0.05) is 24.4 Å². The van der Waals surface area contributed by atoms with Crippen molar-refractivity contribution in [3.05, 3.63) is 0 Å². The Bertz CT molecular complexity index is 411.